The number of rotatable bonds is 57. The van der Waals surface area contributed by atoms with Crippen LogP contribution in [0.25, 0.3) is 0 Å². The van der Waals surface area contributed by atoms with E-state index in [4.69, 9.17) is 23.3 Å². The number of carbonyl (C=O) groups excluding carboxylic acids is 3. The third kappa shape index (κ3) is 58.5. The predicted molar refractivity (Wildman–Crippen MR) is 334 cm³/mol. The summed E-state index contributed by atoms with van der Waals surface area (Å²) in [6.45, 7) is 4.32. The molecule has 0 aliphatic carbocycles. The minimum atomic E-state index is -4.78. The zero-order valence-corrected chi connectivity index (χ0v) is 51.4. The number of unbranched alkanes of at least 4 members (excludes halogenated alkanes) is 20. The van der Waals surface area contributed by atoms with Crippen molar-refractivity contribution in [3.05, 3.63) is 122 Å². The highest BCUT2D eigenvalue weighted by Crippen LogP contribution is 2.43. The molecule has 0 aromatic carbocycles. The number of phosphoric acid groups is 1. The summed E-state index contributed by atoms with van der Waals surface area (Å²) in [7, 11) is -4.78. The van der Waals surface area contributed by atoms with Crippen LogP contribution in [-0.2, 0) is 42.2 Å². The summed E-state index contributed by atoms with van der Waals surface area (Å²) in [6.07, 6.45) is 76.0. The lowest BCUT2D eigenvalue weighted by Gasteiger charge is -2.21. The molecule has 0 aliphatic rings. The van der Waals surface area contributed by atoms with Crippen LogP contribution in [0.3, 0.4) is 0 Å². The highest BCUT2D eigenvalue weighted by molar-refractivity contribution is 7.47. The Bertz CT molecular complexity index is 1800. The molecule has 0 saturated heterocycles. The van der Waals surface area contributed by atoms with E-state index in [1.807, 2.05) is 12.2 Å². The topological polar surface area (TPSA) is 155 Å². The number of phosphoric ester groups is 1. The van der Waals surface area contributed by atoms with Crippen molar-refractivity contribution >= 4 is 25.7 Å². The van der Waals surface area contributed by atoms with Crippen molar-refractivity contribution in [2.45, 2.75) is 264 Å². The van der Waals surface area contributed by atoms with Crippen LogP contribution in [0.4, 0.5) is 0 Å². The number of carbonyl (C=O) groups is 3. The van der Waals surface area contributed by atoms with Gasteiger partial charge in [0.2, 0.25) is 0 Å². The largest absolute Gasteiger partial charge is 0.472 e. The van der Waals surface area contributed by atoms with Crippen LogP contribution in [0.1, 0.15) is 252 Å². The molecule has 0 fully saturated rings. The summed E-state index contributed by atoms with van der Waals surface area (Å²) in [5.74, 6) is -1.59. The maximum Gasteiger partial charge on any atom is 0.472 e. The summed E-state index contributed by atoms with van der Waals surface area (Å²) in [5, 5.41) is 9.85. The van der Waals surface area contributed by atoms with Crippen LogP contribution in [-0.4, -0.2) is 66.5 Å². The molecule has 3 atom stereocenters. The highest BCUT2D eigenvalue weighted by atomic mass is 31.2. The zero-order chi connectivity index (χ0) is 58.3. The molecule has 80 heavy (non-hydrogen) atoms. The van der Waals surface area contributed by atoms with Gasteiger partial charge in [0.25, 0.3) is 0 Å². The molecule has 3 unspecified atom stereocenters. The van der Waals surface area contributed by atoms with E-state index in [2.05, 4.69) is 130 Å². The molecular formula is C68H113O11P. The number of aliphatic hydroxyl groups excluding tert-OH is 1. The minimum absolute atomic E-state index is 0.0328. The summed E-state index contributed by atoms with van der Waals surface area (Å²) >= 11 is 0. The molecule has 0 heterocycles. The summed E-state index contributed by atoms with van der Waals surface area (Å²) < 4.78 is 39.5. The maximum atomic E-state index is 12.9. The Kier molecular flexibility index (Phi) is 57.8. The van der Waals surface area contributed by atoms with Crippen molar-refractivity contribution in [3.8, 4) is 0 Å². The summed E-state index contributed by atoms with van der Waals surface area (Å²) in [4.78, 5) is 48.7. The van der Waals surface area contributed by atoms with Gasteiger partial charge in [-0.15, -0.1) is 0 Å². The first kappa shape index (κ1) is 75.9. The average molecular weight is 1140 g/mol. The van der Waals surface area contributed by atoms with E-state index in [0.29, 0.717) is 25.7 Å². The third-order valence-corrected chi connectivity index (χ3v) is 13.8. The molecule has 0 spiro atoms. The summed E-state index contributed by atoms with van der Waals surface area (Å²) in [5.41, 5.74) is 0. The second-order valence-electron chi connectivity index (χ2n) is 20.5. The van der Waals surface area contributed by atoms with Crippen LogP contribution in [0.15, 0.2) is 122 Å². The fourth-order valence-electron chi connectivity index (χ4n) is 8.16. The Morgan fingerprint density at radius 1 is 0.362 bits per heavy atom. The number of allylic oxidation sites excluding steroid dienone is 20. The first-order valence-corrected chi connectivity index (χ1v) is 32.9. The lowest BCUT2D eigenvalue weighted by Crippen LogP contribution is -2.30. The standard InChI is InChI=1S/C68H113O11P/c1-4-7-10-13-16-19-22-25-28-30-32-34-37-40-43-46-49-52-55-58-67(71)78-64(60-69)62-76-80(73,74)77-63-65(61-75-66(70)57-54-51-48-45-42-39-36-27-24-21-18-15-12-9-6-3)79-68(72)59-56-53-50-47-44-41-38-35-33-31-29-26-23-20-17-14-11-8-5-2/h8-9,11-12,17-18,20-21,25-29,33,35-36,41,44,50,53,64-65,69H,4-7,10,13-16,19,22-24,30-32,34,37-40,42-43,45-49,51-52,54-63H2,1-3H3,(H,73,74)/b11-8-,12-9-,20-17-,21-18-,28-25-,29-26-,35-33-,36-27-,44-41-,53-50-. The van der Waals surface area contributed by atoms with Crippen molar-refractivity contribution < 1.29 is 52.2 Å². The van der Waals surface area contributed by atoms with Gasteiger partial charge in [0.05, 0.1) is 19.8 Å². The van der Waals surface area contributed by atoms with Gasteiger partial charge in [-0.3, -0.25) is 23.4 Å². The van der Waals surface area contributed by atoms with Gasteiger partial charge in [-0.2, -0.15) is 0 Å². The normalized spacial score (nSPS) is 14.1. The minimum Gasteiger partial charge on any atom is -0.462 e. The van der Waals surface area contributed by atoms with Crippen LogP contribution in [0, 0.1) is 0 Å². The maximum absolute atomic E-state index is 12.9. The van der Waals surface area contributed by atoms with E-state index in [1.165, 1.54) is 83.5 Å². The average Bonchev–Trinajstić information content (AvgIpc) is 3.45. The van der Waals surface area contributed by atoms with E-state index in [1.54, 1.807) is 0 Å². The zero-order valence-electron chi connectivity index (χ0n) is 50.5. The lowest BCUT2D eigenvalue weighted by atomic mass is 10.1. The molecule has 0 aliphatic heterocycles. The molecule has 11 nitrogen and oxygen atoms in total. The highest BCUT2D eigenvalue weighted by Gasteiger charge is 2.28. The second-order valence-corrected chi connectivity index (χ2v) is 21.9. The van der Waals surface area contributed by atoms with Crippen molar-refractivity contribution in [3.63, 3.8) is 0 Å². The predicted octanol–water partition coefficient (Wildman–Crippen LogP) is 19.1. The first-order valence-electron chi connectivity index (χ1n) is 31.4. The van der Waals surface area contributed by atoms with E-state index in [0.717, 1.165) is 103 Å². The third-order valence-electron chi connectivity index (χ3n) is 12.9. The molecule has 0 saturated carbocycles. The molecule has 0 bridgehead atoms. The molecule has 12 heteroatoms. The monoisotopic (exact) mass is 1140 g/mol. The molecule has 2 N–H and O–H groups in total. The van der Waals surface area contributed by atoms with Crippen molar-refractivity contribution in [1.82, 2.24) is 0 Å². The van der Waals surface area contributed by atoms with Gasteiger partial charge in [0.15, 0.2) is 6.10 Å². The Hall–Kier alpha value is -4.12. The molecule has 456 valence electrons. The van der Waals surface area contributed by atoms with Gasteiger partial charge in [0, 0.05) is 19.3 Å². The van der Waals surface area contributed by atoms with E-state index in [-0.39, 0.29) is 25.9 Å². The van der Waals surface area contributed by atoms with Gasteiger partial charge in [0.1, 0.15) is 12.7 Å². The van der Waals surface area contributed by atoms with Gasteiger partial charge < -0.3 is 24.2 Å². The Morgan fingerprint density at radius 3 is 1.09 bits per heavy atom. The summed E-state index contributed by atoms with van der Waals surface area (Å²) in [6, 6.07) is 0. The smallest absolute Gasteiger partial charge is 0.462 e. The van der Waals surface area contributed by atoms with Crippen molar-refractivity contribution in [1.29, 1.82) is 0 Å². The quantitative estimate of drug-likeness (QED) is 0.0197. The van der Waals surface area contributed by atoms with Gasteiger partial charge in [-0.1, -0.05) is 239 Å². The van der Waals surface area contributed by atoms with E-state index < -0.39 is 57.8 Å². The fourth-order valence-corrected chi connectivity index (χ4v) is 8.94. The molecule has 0 amide bonds. The number of hydrogen-bond donors (Lipinski definition) is 2. The fraction of sp³-hybridized carbons (Fsp3) is 0.662. The van der Waals surface area contributed by atoms with Gasteiger partial charge >= 0.3 is 25.7 Å². The van der Waals surface area contributed by atoms with Crippen LogP contribution in [0.5, 0.6) is 0 Å². The van der Waals surface area contributed by atoms with Gasteiger partial charge in [-0.25, -0.2) is 4.57 Å². The molecular weight excluding hydrogens is 1020 g/mol. The second kappa shape index (κ2) is 61.0. The number of esters is 3. The molecule has 0 rings (SSSR count). The molecule has 0 radical (unpaired) electrons. The van der Waals surface area contributed by atoms with Crippen molar-refractivity contribution in [2.24, 2.45) is 0 Å². The Morgan fingerprint density at radius 2 is 0.675 bits per heavy atom. The van der Waals surface area contributed by atoms with Crippen molar-refractivity contribution in [2.75, 3.05) is 26.4 Å². The van der Waals surface area contributed by atoms with Crippen LogP contribution >= 0.6 is 7.82 Å². The number of ether oxygens (including phenoxy) is 3. The Labute approximate surface area is 487 Å². The van der Waals surface area contributed by atoms with E-state index >= 15 is 0 Å². The SMILES string of the molecule is CC/C=C\C/C=C\C/C=C\C/C=C\C/C=C\C/C=C\CCC(=O)OC(COC(=O)CCCCCCC/C=C\C/C=C\C/C=C\CC)COP(=O)(O)OCC(CO)OC(=O)CCCCCCCCCCC/C=C\CCCCCCCC. The number of hydrogen-bond acceptors (Lipinski definition) is 10. The van der Waals surface area contributed by atoms with Crippen LogP contribution < -0.4 is 0 Å². The Balaban J connectivity index is 4.80. The molecule has 0 aromatic heterocycles. The molecule has 0 aromatic rings. The first-order chi connectivity index (χ1) is 39.2. The van der Waals surface area contributed by atoms with Gasteiger partial charge in [-0.05, 0) is 116 Å². The lowest BCUT2D eigenvalue weighted by molar-refractivity contribution is -0.161. The van der Waals surface area contributed by atoms with E-state index in [9.17, 15) is 28.9 Å². The number of aliphatic hydroxyl groups is 1. The van der Waals surface area contributed by atoms with Crippen LogP contribution in [0.2, 0.25) is 0 Å².